The number of nitrogens with zero attached hydrogens (tertiary/aromatic N) is 4. The van der Waals surface area contributed by atoms with Crippen molar-refractivity contribution in [2.75, 3.05) is 11.9 Å². The zero-order valence-corrected chi connectivity index (χ0v) is 10.7. The molecular weight excluding hydrogens is 236 g/mol. The zero-order chi connectivity index (χ0) is 12.2. The Bertz CT molecular complexity index is 590. The van der Waals surface area contributed by atoms with Crippen LogP contribution in [-0.2, 0) is 0 Å². The number of fused-ring (bicyclic) bond motifs is 3. The topological polar surface area (TPSA) is 34.0 Å². The molecule has 2 aromatic rings. The molecule has 0 spiro atoms. The Labute approximate surface area is 105 Å². The maximum Gasteiger partial charge on any atom is 0.154 e. The molecule has 0 saturated carbocycles. The van der Waals surface area contributed by atoms with Gasteiger partial charge in [0.2, 0.25) is 0 Å². The van der Waals surface area contributed by atoms with Crippen LogP contribution in [0.15, 0.2) is 18.3 Å². The van der Waals surface area contributed by atoms with E-state index < -0.39 is 0 Å². The van der Waals surface area contributed by atoms with Crippen molar-refractivity contribution in [3.8, 4) is 5.69 Å². The summed E-state index contributed by atoms with van der Waals surface area (Å²) >= 11 is 6.18. The molecule has 5 heteroatoms. The molecule has 3 rings (SSSR count). The lowest BCUT2D eigenvalue weighted by molar-refractivity contribution is 0.637. The van der Waals surface area contributed by atoms with Gasteiger partial charge in [0.1, 0.15) is 5.69 Å². The summed E-state index contributed by atoms with van der Waals surface area (Å²) in [5, 5.41) is 5.05. The maximum absolute atomic E-state index is 6.18. The first-order chi connectivity index (χ1) is 8.09. The Kier molecular flexibility index (Phi) is 2.16. The largest absolute Gasteiger partial charge is 0.362 e. The van der Waals surface area contributed by atoms with Crippen molar-refractivity contribution in [1.82, 2.24) is 14.8 Å². The highest BCUT2D eigenvalue weighted by Crippen LogP contribution is 2.40. The van der Waals surface area contributed by atoms with Gasteiger partial charge >= 0.3 is 0 Å². The van der Waals surface area contributed by atoms with E-state index in [4.69, 9.17) is 11.6 Å². The lowest BCUT2D eigenvalue weighted by atomic mass is 10.1. The second-order valence-electron chi connectivity index (χ2n) is 4.38. The highest BCUT2D eigenvalue weighted by Gasteiger charge is 2.29. The van der Waals surface area contributed by atoms with Crippen LogP contribution < -0.4 is 4.90 Å². The van der Waals surface area contributed by atoms with E-state index in [-0.39, 0.29) is 6.04 Å². The molecular formula is C12H13ClN4. The molecule has 0 bridgehead atoms. The Morgan fingerprint density at radius 3 is 2.94 bits per heavy atom. The van der Waals surface area contributed by atoms with Crippen molar-refractivity contribution in [2.24, 2.45) is 0 Å². The number of hydrogen-bond acceptors (Lipinski definition) is 3. The molecule has 0 N–H and O–H groups in total. The Morgan fingerprint density at radius 2 is 2.18 bits per heavy atom. The summed E-state index contributed by atoms with van der Waals surface area (Å²) in [5.74, 6) is 0. The van der Waals surface area contributed by atoms with Gasteiger partial charge in [-0.25, -0.2) is 9.67 Å². The second-order valence-corrected chi connectivity index (χ2v) is 4.74. The summed E-state index contributed by atoms with van der Waals surface area (Å²) in [6.45, 7) is 4.14. The molecule has 0 fully saturated rings. The summed E-state index contributed by atoms with van der Waals surface area (Å²) in [5.41, 5.74) is 4.13. The van der Waals surface area contributed by atoms with E-state index in [1.807, 2.05) is 24.7 Å². The number of hydrogen-bond donors (Lipinski definition) is 0. The molecule has 0 aliphatic carbocycles. The highest BCUT2D eigenvalue weighted by molar-refractivity contribution is 6.32. The summed E-state index contributed by atoms with van der Waals surface area (Å²) in [7, 11) is 2.03. The first-order valence-electron chi connectivity index (χ1n) is 5.54. The van der Waals surface area contributed by atoms with Gasteiger partial charge in [-0.1, -0.05) is 11.6 Å². The summed E-state index contributed by atoms with van der Waals surface area (Å²) < 4.78 is 1.96. The molecule has 17 heavy (non-hydrogen) atoms. The first kappa shape index (κ1) is 10.6. The van der Waals surface area contributed by atoms with Crippen molar-refractivity contribution in [3.63, 3.8) is 0 Å². The fraction of sp³-hybridized carbons (Fsp3) is 0.333. The number of halogens is 1. The summed E-state index contributed by atoms with van der Waals surface area (Å²) in [6.07, 6.45) is 1.71. The number of aromatic nitrogens is 3. The van der Waals surface area contributed by atoms with Gasteiger partial charge in [-0.2, -0.15) is 5.10 Å². The molecule has 0 saturated heterocycles. The third-order valence-corrected chi connectivity index (χ3v) is 3.58. The number of aryl methyl sites for hydroxylation is 1. The van der Waals surface area contributed by atoms with E-state index in [9.17, 15) is 0 Å². The molecule has 1 aliphatic rings. The average molecular weight is 249 g/mol. The molecule has 3 heterocycles. The number of rotatable bonds is 0. The Hall–Kier alpha value is -1.55. The minimum absolute atomic E-state index is 0.241. The van der Waals surface area contributed by atoms with Crippen molar-refractivity contribution in [2.45, 2.75) is 19.9 Å². The molecule has 2 aromatic heterocycles. The third kappa shape index (κ3) is 1.37. The monoisotopic (exact) mass is 248 g/mol. The fourth-order valence-electron chi connectivity index (χ4n) is 2.32. The molecule has 1 aliphatic heterocycles. The molecule has 4 nitrogen and oxygen atoms in total. The van der Waals surface area contributed by atoms with Crippen molar-refractivity contribution >= 4 is 17.3 Å². The van der Waals surface area contributed by atoms with Gasteiger partial charge in [0.05, 0.1) is 23.1 Å². The van der Waals surface area contributed by atoms with Gasteiger partial charge in [-0.3, -0.25) is 0 Å². The summed E-state index contributed by atoms with van der Waals surface area (Å²) in [6, 6.07) is 4.29. The lowest BCUT2D eigenvalue weighted by Crippen LogP contribution is -2.30. The normalized spacial score (nSPS) is 17.9. The van der Waals surface area contributed by atoms with E-state index in [0.717, 1.165) is 17.1 Å². The quantitative estimate of drug-likeness (QED) is 0.673. The van der Waals surface area contributed by atoms with E-state index in [0.29, 0.717) is 5.15 Å². The van der Waals surface area contributed by atoms with E-state index in [2.05, 4.69) is 28.0 Å². The Morgan fingerprint density at radius 1 is 1.41 bits per heavy atom. The van der Waals surface area contributed by atoms with E-state index >= 15 is 0 Å². The van der Waals surface area contributed by atoms with Crippen LogP contribution in [0.5, 0.6) is 0 Å². The lowest BCUT2D eigenvalue weighted by Gasteiger charge is -2.34. The predicted octanol–water partition coefficient (Wildman–Crippen LogP) is 2.74. The van der Waals surface area contributed by atoms with Gasteiger partial charge in [0, 0.05) is 13.2 Å². The van der Waals surface area contributed by atoms with E-state index in [1.165, 1.54) is 5.69 Å². The fourth-order valence-corrected chi connectivity index (χ4v) is 2.60. The van der Waals surface area contributed by atoms with Gasteiger partial charge in [-0.05, 0) is 26.0 Å². The van der Waals surface area contributed by atoms with Crippen LogP contribution >= 0.6 is 11.6 Å². The molecule has 0 aromatic carbocycles. The molecule has 0 amide bonds. The smallest absolute Gasteiger partial charge is 0.154 e. The number of anilines is 1. The van der Waals surface area contributed by atoms with Crippen LogP contribution in [0.4, 0.5) is 5.69 Å². The Balaban J connectivity index is 2.35. The van der Waals surface area contributed by atoms with Crippen LogP contribution in [0.1, 0.15) is 24.4 Å². The molecule has 88 valence electrons. The van der Waals surface area contributed by atoms with Crippen LogP contribution in [0, 0.1) is 6.92 Å². The molecule has 1 atom stereocenters. The van der Waals surface area contributed by atoms with Crippen LogP contribution in [0.2, 0.25) is 5.15 Å². The molecule has 0 radical (unpaired) electrons. The third-order valence-electron chi connectivity index (χ3n) is 3.31. The molecule has 1 unspecified atom stereocenters. The van der Waals surface area contributed by atoms with Gasteiger partial charge in [0.15, 0.2) is 5.15 Å². The minimum atomic E-state index is 0.241. The summed E-state index contributed by atoms with van der Waals surface area (Å²) in [4.78, 5) is 6.28. The van der Waals surface area contributed by atoms with Gasteiger partial charge in [-0.15, -0.1) is 0 Å². The van der Waals surface area contributed by atoms with Crippen LogP contribution in [-0.4, -0.2) is 21.8 Å². The van der Waals surface area contributed by atoms with Crippen molar-refractivity contribution < 1.29 is 0 Å². The second kappa shape index (κ2) is 3.47. The van der Waals surface area contributed by atoms with Gasteiger partial charge in [0.25, 0.3) is 0 Å². The van der Waals surface area contributed by atoms with Crippen LogP contribution in [0.3, 0.4) is 0 Å². The maximum atomic E-state index is 6.18. The van der Waals surface area contributed by atoms with Gasteiger partial charge < -0.3 is 4.90 Å². The zero-order valence-electron chi connectivity index (χ0n) is 9.98. The highest BCUT2D eigenvalue weighted by atomic mass is 35.5. The number of pyridine rings is 1. The van der Waals surface area contributed by atoms with Crippen molar-refractivity contribution in [1.29, 1.82) is 0 Å². The average Bonchev–Trinajstić information content (AvgIpc) is 2.68. The minimum Gasteiger partial charge on any atom is -0.362 e. The van der Waals surface area contributed by atoms with Crippen LogP contribution in [0.25, 0.3) is 5.69 Å². The predicted molar refractivity (Wildman–Crippen MR) is 67.9 cm³/mol. The first-order valence-corrected chi connectivity index (χ1v) is 5.91. The van der Waals surface area contributed by atoms with E-state index in [1.54, 1.807) is 6.20 Å². The SMILES string of the molecule is Cc1cc2n(n1)-c1ccnc(Cl)c1N(C)C2C. The van der Waals surface area contributed by atoms with Crippen molar-refractivity contribution in [3.05, 3.63) is 34.9 Å². The standard InChI is InChI=1S/C12H13ClN4/c1-7-6-10-8(2)16(3)11-9(17(10)15-7)4-5-14-12(11)13/h4-6,8H,1-3H3.